The Hall–Kier alpha value is -2.04. The highest BCUT2D eigenvalue weighted by atomic mass is 16.5. The van der Waals surface area contributed by atoms with E-state index in [1.807, 2.05) is 18.2 Å². The quantitative estimate of drug-likeness (QED) is 0.763. The zero-order valence-corrected chi connectivity index (χ0v) is 9.73. The largest absolute Gasteiger partial charge is 0.497 e. The molecule has 5 nitrogen and oxygen atoms in total. The summed E-state index contributed by atoms with van der Waals surface area (Å²) < 4.78 is 7.40. The molecule has 3 rings (SSSR count). The van der Waals surface area contributed by atoms with Crippen molar-refractivity contribution < 1.29 is 9.30 Å². The molecule has 5 heteroatoms. The van der Waals surface area contributed by atoms with Crippen LogP contribution in [-0.2, 0) is 6.54 Å². The summed E-state index contributed by atoms with van der Waals surface area (Å²) in [5.41, 5.74) is 1.09. The summed E-state index contributed by atoms with van der Waals surface area (Å²) in [4.78, 5) is 0. The Morgan fingerprint density at radius 2 is 2.35 bits per heavy atom. The van der Waals surface area contributed by atoms with E-state index in [2.05, 4.69) is 26.1 Å². The first-order valence-corrected chi connectivity index (χ1v) is 5.75. The summed E-state index contributed by atoms with van der Waals surface area (Å²) in [6.45, 7) is 1.98. The van der Waals surface area contributed by atoms with Gasteiger partial charge in [-0.3, -0.25) is 5.32 Å². The molecule has 0 bridgehead atoms. The van der Waals surface area contributed by atoms with Gasteiger partial charge in [-0.05, 0) is 18.2 Å². The summed E-state index contributed by atoms with van der Waals surface area (Å²) in [5, 5.41) is 10.6. The molecule has 0 amide bonds. The summed E-state index contributed by atoms with van der Waals surface area (Å²) in [5.74, 6) is 2.79. The van der Waals surface area contributed by atoms with Crippen molar-refractivity contribution in [1.29, 1.82) is 0 Å². The lowest BCUT2D eigenvalue weighted by atomic mass is 10.2. The lowest BCUT2D eigenvalue weighted by Crippen LogP contribution is -2.42. The first-order chi connectivity index (χ1) is 8.38. The predicted octanol–water partition coefficient (Wildman–Crippen LogP) is 1.19. The van der Waals surface area contributed by atoms with Gasteiger partial charge < -0.3 is 4.74 Å². The lowest BCUT2D eigenvalue weighted by Gasteiger charge is -2.10. The molecular weight excluding hydrogens is 216 g/mol. The fourth-order valence-electron chi connectivity index (χ4n) is 2.11. The molecule has 2 aromatic rings. The standard InChI is InChI=1S/C12H14N4O/c1-17-10-5-2-4-9(8-10)11-14-15-12-13-6-3-7-16(11)12/h2,4-5,8H,3,6-7H2,1H3,(H,13,15)/p+1. The second-order valence-electron chi connectivity index (χ2n) is 4.06. The van der Waals surface area contributed by atoms with E-state index in [0.717, 1.165) is 42.6 Å². The Labute approximate surface area is 99.4 Å². The molecule has 2 heterocycles. The smallest absolute Gasteiger partial charge is 0.377 e. The number of nitrogens with zero attached hydrogens (tertiary/aromatic N) is 2. The van der Waals surface area contributed by atoms with Crippen LogP contribution in [0.4, 0.5) is 5.95 Å². The van der Waals surface area contributed by atoms with Crippen molar-refractivity contribution >= 4 is 5.95 Å². The topological polar surface area (TPSA) is 53.8 Å². The van der Waals surface area contributed by atoms with Crippen LogP contribution in [-0.4, -0.2) is 23.9 Å². The van der Waals surface area contributed by atoms with E-state index in [-0.39, 0.29) is 0 Å². The van der Waals surface area contributed by atoms with Crippen LogP contribution in [0.2, 0.25) is 0 Å². The molecule has 1 aliphatic heterocycles. The van der Waals surface area contributed by atoms with Crippen LogP contribution in [0.3, 0.4) is 0 Å². The molecule has 0 spiro atoms. The molecule has 0 aliphatic carbocycles. The highest BCUT2D eigenvalue weighted by molar-refractivity contribution is 5.55. The third kappa shape index (κ3) is 1.73. The second-order valence-corrected chi connectivity index (χ2v) is 4.06. The van der Waals surface area contributed by atoms with Gasteiger partial charge in [0.15, 0.2) is 0 Å². The average molecular weight is 231 g/mol. The number of fused-ring (bicyclic) bond motifs is 1. The van der Waals surface area contributed by atoms with Crippen LogP contribution in [0.5, 0.6) is 5.75 Å². The van der Waals surface area contributed by atoms with E-state index in [1.54, 1.807) is 7.11 Å². The second kappa shape index (κ2) is 4.08. The van der Waals surface area contributed by atoms with Crippen LogP contribution in [0.25, 0.3) is 11.4 Å². The molecule has 1 aromatic carbocycles. The molecule has 0 radical (unpaired) electrons. The number of hydrogen-bond acceptors (Lipinski definition) is 3. The number of H-pyrrole nitrogens is 1. The number of hydrogen-bond donors (Lipinski definition) is 2. The van der Waals surface area contributed by atoms with Crippen LogP contribution < -0.4 is 14.6 Å². The van der Waals surface area contributed by atoms with E-state index in [9.17, 15) is 0 Å². The molecule has 2 N–H and O–H groups in total. The van der Waals surface area contributed by atoms with E-state index >= 15 is 0 Å². The highest BCUT2D eigenvalue weighted by Gasteiger charge is 2.23. The molecule has 0 fully saturated rings. The van der Waals surface area contributed by atoms with E-state index in [0.29, 0.717) is 0 Å². The maximum Gasteiger partial charge on any atom is 0.377 e. The van der Waals surface area contributed by atoms with Gasteiger partial charge in [0, 0.05) is 17.1 Å². The van der Waals surface area contributed by atoms with Gasteiger partial charge in [0.1, 0.15) is 5.75 Å². The van der Waals surface area contributed by atoms with Crippen molar-refractivity contribution in [3.8, 4) is 17.1 Å². The van der Waals surface area contributed by atoms with Gasteiger partial charge in [-0.1, -0.05) is 6.07 Å². The third-order valence-electron chi connectivity index (χ3n) is 2.98. The molecule has 0 unspecified atom stereocenters. The molecule has 17 heavy (non-hydrogen) atoms. The average Bonchev–Trinajstić information content (AvgIpc) is 2.82. The summed E-state index contributed by atoms with van der Waals surface area (Å²) >= 11 is 0. The van der Waals surface area contributed by atoms with Gasteiger partial charge >= 0.3 is 5.95 Å². The number of ether oxygens (including phenoxy) is 1. The minimum absolute atomic E-state index is 0.857. The van der Waals surface area contributed by atoms with Crippen LogP contribution in [0, 0.1) is 0 Å². The summed E-state index contributed by atoms with van der Waals surface area (Å²) in [6, 6.07) is 7.99. The predicted molar refractivity (Wildman–Crippen MR) is 63.9 cm³/mol. The molecule has 88 valence electrons. The Morgan fingerprint density at radius 1 is 1.41 bits per heavy atom. The first-order valence-electron chi connectivity index (χ1n) is 5.75. The SMILES string of the molecule is COc1cccc(-c2[nH]nc3[n+]2CCCN3)c1. The van der Waals surface area contributed by atoms with Gasteiger partial charge in [0.05, 0.1) is 20.2 Å². The number of benzene rings is 1. The third-order valence-corrected chi connectivity index (χ3v) is 2.98. The van der Waals surface area contributed by atoms with Crippen molar-refractivity contribution in [2.24, 2.45) is 0 Å². The Morgan fingerprint density at radius 3 is 3.24 bits per heavy atom. The van der Waals surface area contributed by atoms with Gasteiger partial charge in [0.25, 0.3) is 0 Å². The Bertz CT molecular complexity index is 535. The molecule has 1 aliphatic rings. The van der Waals surface area contributed by atoms with Crippen molar-refractivity contribution in [3.63, 3.8) is 0 Å². The number of rotatable bonds is 2. The zero-order chi connectivity index (χ0) is 11.7. The van der Waals surface area contributed by atoms with Crippen molar-refractivity contribution in [3.05, 3.63) is 24.3 Å². The number of methoxy groups -OCH3 is 1. The molecule has 0 saturated heterocycles. The maximum atomic E-state index is 5.24. The first kappa shape index (κ1) is 10.1. The van der Waals surface area contributed by atoms with Crippen LogP contribution >= 0.6 is 0 Å². The van der Waals surface area contributed by atoms with Gasteiger partial charge in [0.2, 0.25) is 5.82 Å². The van der Waals surface area contributed by atoms with Gasteiger partial charge in [-0.2, -0.15) is 5.10 Å². The van der Waals surface area contributed by atoms with Crippen molar-refractivity contribution in [2.45, 2.75) is 13.0 Å². The molecule has 0 atom stereocenters. The van der Waals surface area contributed by atoms with E-state index in [4.69, 9.17) is 4.74 Å². The van der Waals surface area contributed by atoms with Gasteiger partial charge in [-0.25, -0.2) is 4.57 Å². The number of aromatic amines is 1. The molecule has 1 aromatic heterocycles. The molecule has 0 saturated carbocycles. The van der Waals surface area contributed by atoms with E-state index in [1.165, 1.54) is 0 Å². The zero-order valence-electron chi connectivity index (χ0n) is 9.73. The highest BCUT2D eigenvalue weighted by Crippen LogP contribution is 2.21. The number of aromatic nitrogens is 3. The normalized spacial score (nSPS) is 13.9. The maximum absolute atomic E-state index is 5.24. The van der Waals surface area contributed by atoms with E-state index < -0.39 is 0 Å². The summed E-state index contributed by atoms with van der Waals surface area (Å²) in [6.07, 6.45) is 1.12. The minimum Gasteiger partial charge on any atom is -0.497 e. The van der Waals surface area contributed by atoms with Crippen LogP contribution in [0.15, 0.2) is 24.3 Å². The number of nitrogens with one attached hydrogen (secondary N) is 2. The lowest BCUT2D eigenvalue weighted by molar-refractivity contribution is -0.675. The molecular formula is C12H15N4O+. The van der Waals surface area contributed by atoms with Gasteiger partial charge in [-0.15, -0.1) is 0 Å². The van der Waals surface area contributed by atoms with Crippen molar-refractivity contribution in [1.82, 2.24) is 10.2 Å². The summed E-state index contributed by atoms with van der Waals surface area (Å²) in [7, 11) is 1.68. The Balaban J connectivity index is 2.05. The fraction of sp³-hybridized carbons (Fsp3) is 0.333. The number of anilines is 1. The van der Waals surface area contributed by atoms with Crippen LogP contribution in [0.1, 0.15) is 6.42 Å². The Kier molecular flexibility index (Phi) is 2.44. The fourth-order valence-corrected chi connectivity index (χ4v) is 2.11. The minimum atomic E-state index is 0.857. The van der Waals surface area contributed by atoms with Crippen molar-refractivity contribution in [2.75, 3.05) is 19.0 Å². The monoisotopic (exact) mass is 231 g/mol.